The minimum Gasteiger partial charge on any atom is -0.481 e. The molecule has 0 aromatic heterocycles. The van der Waals surface area contributed by atoms with E-state index in [2.05, 4.69) is 5.32 Å². The Kier molecular flexibility index (Phi) is 4.31. The van der Waals surface area contributed by atoms with Gasteiger partial charge in [0.1, 0.15) is 5.82 Å². The Morgan fingerprint density at radius 1 is 1.33 bits per heavy atom. The summed E-state index contributed by atoms with van der Waals surface area (Å²) in [5, 5.41) is 12.3. The highest BCUT2D eigenvalue weighted by atomic mass is 19.1. The van der Waals surface area contributed by atoms with Gasteiger partial charge >= 0.3 is 5.97 Å². The molecule has 1 aliphatic rings. The molecule has 4 heteroatoms. The number of nitrogens with one attached hydrogen (secondary N) is 1. The maximum Gasteiger partial charge on any atom is 0.306 e. The summed E-state index contributed by atoms with van der Waals surface area (Å²) in [6.07, 6.45) is 2.77. The van der Waals surface area contributed by atoms with Gasteiger partial charge in [-0.1, -0.05) is 18.6 Å². The normalized spacial score (nSPS) is 23.2. The largest absolute Gasteiger partial charge is 0.481 e. The summed E-state index contributed by atoms with van der Waals surface area (Å²) in [6, 6.07) is 6.36. The lowest BCUT2D eigenvalue weighted by molar-refractivity contribution is -0.142. The zero-order chi connectivity index (χ0) is 13.0. The SMILES string of the molecule is O=C(O)C1CCCC1CNCc1ccc(F)cc1. The Morgan fingerprint density at radius 3 is 2.72 bits per heavy atom. The van der Waals surface area contributed by atoms with Gasteiger partial charge in [-0.2, -0.15) is 0 Å². The zero-order valence-electron chi connectivity index (χ0n) is 10.2. The molecule has 1 fully saturated rings. The van der Waals surface area contributed by atoms with E-state index in [-0.39, 0.29) is 17.7 Å². The lowest BCUT2D eigenvalue weighted by atomic mass is 9.96. The molecule has 2 rings (SSSR count). The minimum atomic E-state index is -0.680. The summed E-state index contributed by atoms with van der Waals surface area (Å²) < 4.78 is 12.7. The van der Waals surface area contributed by atoms with Gasteiger partial charge in [0.25, 0.3) is 0 Å². The second-order valence-corrected chi connectivity index (χ2v) is 4.89. The van der Waals surface area contributed by atoms with Crippen molar-refractivity contribution in [3.05, 3.63) is 35.6 Å². The van der Waals surface area contributed by atoms with Gasteiger partial charge in [-0.05, 0) is 43.0 Å². The highest BCUT2D eigenvalue weighted by Gasteiger charge is 2.32. The van der Waals surface area contributed by atoms with Crippen LogP contribution in [0.15, 0.2) is 24.3 Å². The molecule has 0 spiro atoms. The van der Waals surface area contributed by atoms with Crippen LogP contribution in [-0.4, -0.2) is 17.6 Å². The van der Waals surface area contributed by atoms with Crippen LogP contribution in [0.5, 0.6) is 0 Å². The summed E-state index contributed by atoms with van der Waals surface area (Å²) >= 11 is 0. The van der Waals surface area contributed by atoms with E-state index in [0.29, 0.717) is 13.1 Å². The fourth-order valence-corrected chi connectivity index (χ4v) is 2.61. The van der Waals surface area contributed by atoms with Crippen LogP contribution in [0.25, 0.3) is 0 Å². The summed E-state index contributed by atoms with van der Waals surface area (Å²) in [7, 11) is 0. The molecule has 2 atom stereocenters. The summed E-state index contributed by atoms with van der Waals surface area (Å²) in [5.74, 6) is -0.893. The predicted octanol–water partition coefficient (Wildman–Crippen LogP) is 2.42. The summed E-state index contributed by atoms with van der Waals surface area (Å²) in [6.45, 7) is 1.37. The molecule has 98 valence electrons. The minimum absolute atomic E-state index is 0.203. The van der Waals surface area contributed by atoms with Crippen LogP contribution in [0.4, 0.5) is 4.39 Å². The summed E-state index contributed by atoms with van der Waals surface area (Å²) in [5.41, 5.74) is 1.02. The molecule has 0 radical (unpaired) electrons. The van der Waals surface area contributed by atoms with E-state index in [1.807, 2.05) is 0 Å². The van der Waals surface area contributed by atoms with Gasteiger partial charge in [-0.3, -0.25) is 4.79 Å². The molecule has 1 aromatic carbocycles. The van der Waals surface area contributed by atoms with Gasteiger partial charge in [0, 0.05) is 6.54 Å². The number of aliphatic carboxylic acids is 1. The lowest BCUT2D eigenvalue weighted by Gasteiger charge is -2.16. The average Bonchev–Trinajstić information content (AvgIpc) is 2.80. The van der Waals surface area contributed by atoms with E-state index < -0.39 is 5.97 Å². The maximum atomic E-state index is 12.7. The molecule has 0 heterocycles. The van der Waals surface area contributed by atoms with Crippen LogP contribution in [0.1, 0.15) is 24.8 Å². The van der Waals surface area contributed by atoms with E-state index in [1.165, 1.54) is 12.1 Å². The Bertz CT molecular complexity index is 405. The smallest absolute Gasteiger partial charge is 0.306 e. The number of carbonyl (C=O) groups is 1. The van der Waals surface area contributed by atoms with Gasteiger partial charge in [0.05, 0.1) is 5.92 Å². The number of carboxylic acids is 1. The highest BCUT2D eigenvalue weighted by Crippen LogP contribution is 2.31. The predicted molar refractivity (Wildman–Crippen MR) is 66.6 cm³/mol. The third-order valence-electron chi connectivity index (χ3n) is 3.63. The van der Waals surface area contributed by atoms with Crippen LogP contribution >= 0.6 is 0 Å². The molecule has 1 aromatic rings. The third-order valence-corrected chi connectivity index (χ3v) is 3.63. The molecule has 3 nitrogen and oxygen atoms in total. The Hall–Kier alpha value is -1.42. The van der Waals surface area contributed by atoms with E-state index in [0.717, 1.165) is 24.8 Å². The van der Waals surface area contributed by atoms with Crippen molar-refractivity contribution in [2.45, 2.75) is 25.8 Å². The van der Waals surface area contributed by atoms with E-state index >= 15 is 0 Å². The van der Waals surface area contributed by atoms with Crippen molar-refractivity contribution in [3.63, 3.8) is 0 Å². The molecule has 0 saturated heterocycles. The van der Waals surface area contributed by atoms with Gasteiger partial charge in [-0.15, -0.1) is 0 Å². The second-order valence-electron chi connectivity index (χ2n) is 4.89. The van der Waals surface area contributed by atoms with Crippen LogP contribution in [-0.2, 0) is 11.3 Å². The molecule has 1 saturated carbocycles. The first-order chi connectivity index (χ1) is 8.66. The van der Waals surface area contributed by atoms with E-state index in [4.69, 9.17) is 5.11 Å². The van der Waals surface area contributed by atoms with Crippen molar-refractivity contribution in [3.8, 4) is 0 Å². The van der Waals surface area contributed by atoms with Crippen LogP contribution < -0.4 is 5.32 Å². The monoisotopic (exact) mass is 251 g/mol. The first-order valence-corrected chi connectivity index (χ1v) is 6.35. The van der Waals surface area contributed by atoms with Gasteiger partial charge in [0.2, 0.25) is 0 Å². The molecule has 2 N–H and O–H groups in total. The van der Waals surface area contributed by atoms with Crippen molar-refractivity contribution in [2.24, 2.45) is 11.8 Å². The quantitative estimate of drug-likeness (QED) is 0.845. The zero-order valence-corrected chi connectivity index (χ0v) is 10.2. The van der Waals surface area contributed by atoms with Crippen molar-refractivity contribution in [2.75, 3.05) is 6.54 Å². The molecule has 0 aliphatic heterocycles. The topological polar surface area (TPSA) is 49.3 Å². The number of rotatable bonds is 5. The van der Waals surface area contributed by atoms with Crippen molar-refractivity contribution >= 4 is 5.97 Å². The maximum absolute atomic E-state index is 12.7. The summed E-state index contributed by atoms with van der Waals surface area (Å²) in [4.78, 5) is 11.0. The number of hydrogen-bond acceptors (Lipinski definition) is 2. The Morgan fingerprint density at radius 2 is 2.06 bits per heavy atom. The van der Waals surface area contributed by atoms with Crippen molar-refractivity contribution < 1.29 is 14.3 Å². The molecular formula is C14H18FNO2. The van der Waals surface area contributed by atoms with E-state index in [1.54, 1.807) is 12.1 Å². The molecule has 1 aliphatic carbocycles. The average molecular weight is 251 g/mol. The number of halogens is 1. The fourth-order valence-electron chi connectivity index (χ4n) is 2.61. The number of hydrogen-bond donors (Lipinski definition) is 2. The van der Waals surface area contributed by atoms with Crippen molar-refractivity contribution in [1.82, 2.24) is 5.32 Å². The van der Waals surface area contributed by atoms with Gasteiger partial charge < -0.3 is 10.4 Å². The Balaban J connectivity index is 1.78. The molecule has 2 unspecified atom stereocenters. The van der Waals surface area contributed by atoms with Crippen molar-refractivity contribution in [1.29, 1.82) is 0 Å². The molecule has 18 heavy (non-hydrogen) atoms. The second kappa shape index (κ2) is 5.96. The van der Waals surface area contributed by atoms with Gasteiger partial charge in [-0.25, -0.2) is 4.39 Å². The lowest BCUT2D eigenvalue weighted by Crippen LogP contribution is -2.28. The fraction of sp³-hybridized carbons (Fsp3) is 0.500. The number of carboxylic acid groups (broad SMARTS) is 1. The first-order valence-electron chi connectivity index (χ1n) is 6.35. The molecular weight excluding hydrogens is 233 g/mol. The van der Waals surface area contributed by atoms with E-state index in [9.17, 15) is 9.18 Å². The first kappa shape index (κ1) is 13.0. The van der Waals surface area contributed by atoms with Crippen LogP contribution in [0, 0.1) is 17.7 Å². The standard InChI is InChI=1S/C14H18FNO2/c15-12-6-4-10(5-7-12)8-16-9-11-2-1-3-13(11)14(17)18/h4-7,11,13,16H,1-3,8-9H2,(H,17,18). The molecule has 0 amide bonds. The van der Waals surface area contributed by atoms with Crippen LogP contribution in [0.3, 0.4) is 0 Å². The molecule has 0 bridgehead atoms. The number of benzene rings is 1. The third kappa shape index (κ3) is 3.29. The highest BCUT2D eigenvalue weighted by molar-refractivity contribution is 5.70. The van der Waals surface area contributed by atoms with Gasteiger partial charge in [0.15, 0.2) is 0 Å². The Labute approximate surface area is 106 Å². The van der Waals surface area contributed by atoms with Crippen LogP contribution in [0.2, 0.25) is 0 Å².